The van der Waals surface area contributed by atoms with Crippen LogP contribution in [-0.2, 0) is 9.59 Å². The number of amides is 2. The van der Waals surface area contributed by atoms with Gasteiger partial charge in [-0.15, -0.1) is 24.0 Å². The van der Waals surface area contributed by atoms with Crippen LogP contribution in [0.5, 0.6) is 0 Å². The van der Waals surface area contributed by atoms with Gasteiger partial charge in [0.05, 0.1) is 24.0 Å². The van der Waals surface area contributed by atoms with Crippen LogP contribution in [-0.4, -0.2) is 59.6 Å². The predicted molar refractivity (Wildman–Crippen MR) is 126 cm³/mol. The fraction of sp³-hybridized carbons (Fsp3) is 0.773. The van der Waals surface area contributed by atoms with Crippen molar-refractivity contribution in [1.82, 2.24) is 15.5 Å². The van der Waals surface area contributed by atoms with Crippen molar-refractivity contribution in [3.63, 3.8) is 0 Å². The first-order valence-corrected chi connectivity index (χ1v) is 11.3. The molecule has 2 saturated carbocycles. The van der Waals surface area contributed by atoms with Gasteiger partial charge in [-0.25, -0.2) is 0 Å². The van der Waals surface area contributed by atoms with Gasteiger partial charge in [-0.3, -0.25) is 19.5 Å². The highest BCUT2D eigenvalue weighted by molar-refractivity contribution is 14.0. The molecule has 7 nitrogen and oxygen atoms in total. The van der Waals surface area contributed by atoms with Gasteiger partial charge in [0.25, 0.3) is 0 Å². The lowest BCUT2D eigenvalue weighted by atomic mass is 9.85. The van der Waals surface area contributed by atoms with Gasteiger partial charge in [0.2, 0.25) is 11.8 Å². The largest absolute Gasteiger partial charge is 0.388 e. The Morgan fingerprint density at radius 3 is 2.37 bits per heavy atom. The molecular formula is C22H35IN4O3. The first-order valence-electron chi connectivity index (χ1n) is 11.3. The molecule has 4 atom stereocenters. The highest BCUT2D eigenvalue weighted by Crippen LogP contribution is 2.52. The fourth-order valence-corrected chi connectivity index (χ4v) is 5.56. The zero-order valence-corrected chi connectivity index (χ0v) is 20.1. The maximum absolute atomic E-state index is 12.7. The monoisotopic (exact) mass is 530 g/mol. The van der Waals surface area contributed by atoms with E-state index in [9.17, 15) is 14.7 Å². The normalized spacial score (nSPS) is 31.7. The van der Waals surface area contributed by atoms with Crippen LogP contribution in [0.3, 0.4) is 0 Å². The van der Waals surface area contributed by atoms with E-state index in [1.165, 1.54) is 11.3 Å². The molecule has 3 N–H and O–H groups in total. The molecule has 0 aromatic rings. The molecule has 0 radical (unpaired) electrons. The topological polar surface area (TPSA) is 94.0 Å². The SMILES string of the molecule is CCNC(=NCC1(O)CCCCC1)NCCCN1C(=O)C2C3C=CC(C3)C2C1=O.I. The summed E-state index contributed by atoms with van der Waals surface area (Å²) in [6.07, 6.45) is 10.9. The molecule has 4 aliphatic rings. The number of carbonyl (C=O) groups is 2. The van der Waals surface area contributed by atoms with Gasteiger partial charge in [-0.05, 0) is 44.4 Å². The summed E-state index contributed by atoms with van der Waals surface area (Å²) in [5.74, 6) is 1.05. The first-order chi connectivity index (χ1) is 14.0. The smallest absolute Gasteiger partial charge is 0.233 e. The second-order valence-electron chi connectivity index (χ2n) is 9.09. The Hall–Kier alpha value is -1.16. The van der Waals surface area contributed by atoms with E-state index in [2.05, 4.69) is 27.8 Å². The van der Waals surface area contributed by atoms with Gasteiger partial charge in [0.1, 0.15) is 0 Å². The number of hydrogen-bond acceptors (Lipinski definition) is 4. The van der Waals surface area contributed by atoms with E-state index < -0.39 is 5.60 Å². The molecule has 0 aromatic heterocycles. The zero-order chi connectivity index (χ0) is 20.4. The molecule has 1 saturated heterocycles. The lowest BCUT2D eigenvalue weighted by molar-refractivity contribution is -0.140. The number of nitrogens with zero attached hydrogens (tertiary/aromatic N) is 2. The zero-order valence-electron chi connectivity index (χ0n) is 17.8. The average Bonchev–Trinajstić information content (AvgIpc) is 3.39. The maximum Gasteiger partial charge on any atom is 0.233 e. The molecule has 30 heavy (non-hydrogen) atoms. The quantitative estimate of drug-likeness (QED) is 0.117. The summed E-state index contributed by atoms with van der Waals surface area (Å²) in [7, 11) is 0. The Kier molecular flexibility index (Phi) is 7.81. The van der Waals surface area contributed by atoms with Gasteiger partial charge >= 0.3 is 0 Å². The summed E-state index contributed by atoms with van der Waals surface area (Å²) in [5, 5.41) is 17.1. The molecule has 1 aliphatic heterocycles. The Bertz CT molecular complexity index is 674. The van der Waals surface area contributed by atoms with Gasteiger partial charge in [0.15, 0.2) is 5.96 Å². The summed E-state index contributed by atoms with van der Waals surface area (Å²) < 4.78 is 0. The standard InChI is InChI=1S/C22H34N4O3.HI/c1-2-23-21(25-14-22(29)9-4-3-5-10-22)24-11-6-12-26-19(27)17-15-7-8-16(13-15)18(17)20(26)28;/h7-8,15-18,29H,2-6,9-14H2,1H3,(H2,23,24,25);1H. The van der Waals surface area contributed by atoms with E-state index in [0.717, 1.165) is 38.6 Å². The van der Waals surface area contributed by atoms with Crippen molar-refractivity contribution >= 4 is 41.8 Å². The molecule has 3 fully saturated rings. The predicted octanol–water partition coefficient (Wildman–Crippen LogP) is 2.05. The van der Waals surface area contributed by atoms with Crippen molar-refractivity contribution in [3.8, 4) is 0 Å². The van der Waals surface area contributed by atoms with Crippen molar-refractivity contribution in [3.05, 3.63) is 12.2 Å². The number of carbonyl (C=O) groups excluding carboxylic acids is 2. The summed E-state index contributed by atoms with van der Waals surface area (Å²) in [4.78, 5) is 31.5. The Morgan fingerprint density at radius 2 is 1.77 bits per heavy atom. The molecule has 4 unspecified atom stereocenters. The van der Waals surface area contributed by atoms with Crippen molar-refractivity contribution in [2.45, 2.75) is 57.5 Å². The third kappa shape index (κ3) is 4.69. The summed E-state index contributed by atoms with van der Waals surface area (Å²) >= 11 is 0. The number of nitrogens with one attached hydrogen (secondary N) is 2. The Labute approximate surface area is 196 Å². The van der Waals surface area contributed by atoms with E-state index in [4.69, 9.17) is 0 Å². The second-order valence-corrected chi connectivity index (χ2v) is 9.09. The number of hydrogen-bond donors (Lipinski definition) is 3. The number of likely N-dealkylation sites (tertiary alicyclic amines) is 1. The Morgan fingerprint density at radius 1 is 1.13 bits per heavy atom. The van der Waals surface area contributed by atoms with Crippen LogP contribution in [0, 0.1) is 23.7 Å². The third-order valence-corrected chi connectivity index (χ3v) is 7.07. The van der Waals surface area contributed by atoms with Gasteiger partial charge in [0, 0.05) is 19.6 Å². The molecule has 1 heterocycles. The van der Waals surface area contributed by atoms with E-state index in [-0.39, 0.29) is 59.5 Å². The Balaban J connectivity index is 0.00000256. The summed E-state index contributed by atoms with van der Waals surface area (Å²) in [6, 6.07) is 0. The van der Waals surface area contributed by atoms with Crippen LogP contribution in [0.25, 0.3) is 0 Å². The minimum atomic E-state index is -0.680. The third-order valence-electron chi connectivity index (χ3n) is 7.07. The van der Waals surface area contributed by atoms with Crippen molar-refractivity contribution in [2.75, 3.05) is 26.2 Å². The van der Waals surface area contributed by atoms with E-state index in [1.807, 2.05) is 6.92 Å². The molecule has 0 aromatic carbocycles. The lowest BCUT2D eigenvalue weighted by Crippen LogP contribution is -2.42. The number of halogens is 1. The van der Waals surface area contributed by atoms with E-state index >= 15 is 0 Å². The molecule has 168 valence electrons. The van der Waals surface area contributed by atoms with Crippen molar-refractivity contribution in [1.29, 1.82) is 0 Å². The molecule has 8 heteroatoms. The molecule has 2 amide bonds. The van der Waals surface area contributed by atoms with Crippen LogP contribution in [0.15, 0.2) is 17.1 Å². The van der Waals surface area contributed by atoms with E-state index in [1.54, 1.807) is 0 Å². The van der Waals surface area contributed by atoms with Crippen LogP contribution >= 0.6 is 24.0 Å². The van der Waals surface area contributed by atoms with Crippen molar-refractivity contribution in [2.24, 2.45) is 28.7 Å². The number of aliphatic hydroxyl groups is 1. The van der Waals surface area contributed by atoms with Gasteiger partial charge in [-0.2, -0.15) is 0 Å². The first kappa shape index (κ1) is 23.5. The van der Waals surface area contributed by atoms with Crippen LogP contribution in [0.2, 0.25) is 0 Å². The number of rotatable bonds is 7. The lowest BCUT2D eigenvalue weighted by Gasteiger charge is -2.30. The number of aliphatic imine (C=N–C) groups is 1. The molecule has 4 rings (SSSR count). The molecule has 2 bridgehead atoms. The molecular weight excluding hydrogens is 495 g/mol. The number of fused-ring (bicyclic) bond motifs is 5. The average molecular weight is 530 g/mol. The van der Waals surface area contributed by atoms with Crippen LogP contribution in [0.4, 0.5) is 0 Å². The number of guanidine groups is 1. The summed E-state index contributed by atoms with van der Waals surface area (Å²) in [6.45, 7) is 4.24. The molecule has 0 spiro atoms. The summed E-state index contributed by atoms with van der Waals surface area (Å²) in [5.41, 5.74) is -0.680. The number of imide groups is 1. The van der Waals surface area contributed by atoms with Crippen molar-refractivity contribution < 1.29 is 14.7 Å². The highest BCUT2D eigenvalue weighted by Gasteiger charge is 2.58. The second kappa shape index (κ2) is 9.97. The maximum atomic E-state index is 12.7. The van der Waals surface area contributed by atoms with E-state index in [0.29, 0.717) is 32.0 Å². The van der Waals surface area contributed by atoms with Gasteiger partial charge in [-0.1, -0.05) is 31.4 Å². The van der Waals surface area contributed by atoms with Crippen LogP contribution < -0.4 is 10.6 Å². The minimum absolute atomic E-state index is 0. The number of allylic oxidation sites excluding steroid dienone is 2. The fourth-order valence-electron chi connectivity index (χ4n) is 5.56. The van der Waals surface area contributed by atoms with Crippen LogP contribution in [0.1, 0.15) is 51.9 Å². The van der Waals surface area contributed by atoms with Gasteiger partial charge < -0.3 is 15.7 Å². The molecule has 3 aliphatic carbocycles. The minimum Gasteiger partial charge on any atom is -0.388 e. The highest BCUT2D eigenvalue weighted by atomic mass is 127.